The Kier molecular flexibility index (Phi) is 8.09. The van der Waals surface area contributed by atoms with Gasteiger partial charge in [0.05, 0.1) is 18.2 Å². The molecule has 164 valence electrons. The summed E-state index contributed by atoms with van der Waals surface area (Å²) in [6.07, 6.45) is -0.841. The number of amides is 2. The van der Waals surface area contributed by atoms with Crippen LogP contribution in [0.4, 0.5) is 5.69 Å². The zero-order valence-electron chi connectivity index (χ0n) is 16.7. The first-order chi connectivity index (χ1) is 14.8. The fourth-order valence-corrected chi connectivity index (χ4v) is 3.51. The fraction of sp³-hybridized carbons (Fsp3) is 0.286. The minimum atomic E-state index is -0.841. The summed E-state index contributed by atoms with van der Waals surface area (Å²) in [5.74, 6) is -0.145. The van der Waals surface area contributed by atoms with E-state index in [9.17, 15) is 9.59 Å². The van der Waals surface area contributed by atoms with Crippen LogP contribution in [0.2, 0.25) is 10.0 Å². The van der Waals surface area contributed by atoms with Crippen molar-refractivity contribution in [3.8, 4) is 5.75 Å². The Morgan fingerprint density at radius 2 is 1.81 bits per heavy atom. The maximum atomic E-state index is 12.5. The molecule has 1 fully saturated rings. The average Bonchev–Trinajstić information content (AvgIpc) is 2.76. The van der Waals surface area contributed by atoms with Gasteiger partial charge in [-0.15, -0.1) is 0 Å². The molecule has 7 nitrogen and oxygen atoms in total. The lowest BCUT2D eigenvalue weighted by Gasteiger charge is -2.26. The van der Waals surface area contributed by atoms with E-state index in [-0.39, 0.29) is 11.0 Å². The third kappa shape index (κ3) is 6.54. The molecule has 2 amide bonds. The van der Waals surface area contributed by atoms with Crippen molar-refractivity contribution in [3.63, 3.8) is 0 Å². The van der Waals surface area contributed by atoms with Gasteiger partial charge in [0.2, 0.25) is 0 Å². The molecule has 0 aromatic heterocycles. The van der Waals surface area contributed by atoms with E-state index in [4.69, 9.17) is 44.9 Å². The standard InChI is InChI=1S/C21H21Cl2N3O4S/c1-13(30-18-7-4-15(22)12-17(18)23)19(27)25-21(31)24-16-5-2-14(3-6-16)20(28)26-8-10-29-11-9-26/h2-7,12-13H,8-11H2,1H3,(H2,24,25,27,31). The number of hydrogen-bond acceptors (Lipinski definition) is 5. The second-order valence-electron chi connectivity index (χ2n) is 6.76. The first-order valence-corrected chi connectivity index (χ1v) is 10.7. The molecular weight excluding hydrogens is 461 g/mol. The summed E-state index contributed by atoms with van der Waals surface area (Å²) in [5.41, 5.74) is 1.21. The number of anilines is 1. The third-order valence-corrected chi connectivity index (χ3v) is 5.23. The molecule has 2 aromatic carbocycles. The second kappa shape index (κ2) is 10.8. The van der Waals surface area contributed by atoms with E-state index in [2.05, 4.69) is 10.6 Å². The van der Waals surface area contributed by atoms with E-state index in [1.807, 2.05) is 0 Å². The molecule has 0 aliphatic carbocycles. The van der Waals surface area contributed by atoms with E-state index in [0.29, 0.717) is 53.3 Å². The van der Waals surface area contributed by atoms with Gasteiger partial charge in [-0.1, -0.05) is 23.2 Å². The topological polar surface area (TPSA) is 79.9 Å². The number of carbonyl (C=O) groups is 2. The van der Waals surface area contributed by atoms with Crippen molar-refractivity contribution in [2.75, 3.05) is 31.6 Å². The number of thiocarbonyl (C=S) groups is 1. The van der Waals surface area contributed by atoms with Crippen molar-refractivity contribution in [2.24, 2.45) is 0 Å². The maximum absolute atomic E-state index is 12.5. The van der Waals surface area contributed by atoms with E-state index in [1.54, 1.807) is 48.2 Å². The van der Waals surface area contributed by atoms with E-state index in [0.717, 1.165) is 0 Å². The Hall–Kier alpha value is -2.39. The van der Waals surface area contributed by atoms with Crippen LogP contribution in [0.1, 0.15) is 17.3 Å². The average molecular weight is 482 g/mol. The van der Waals surface area contributed by atoms with Gasteiger partial charge in [0.25, 0.3) is 11.8 Å². The first kappa shape index (κ1) is 23.3. The van der Waals surface area contributed by atoms with Crippen LogP contribution in [0.5, 0.6) is 5.75 Å². The van der Waals surface area contributed by atoms with Gasteiger partial charge in [-0.05, 0) is 61.6 Å². The van der Waals surface area contributed by atoms with Crippen molar-refractivity contribution >= 4 is 58.0 Å². The molecule has 0 radical (unpaired) electrons. The Labute approximate surface area is 195 Å². The van der Waals surface area contributed by atoms with E-state index < -0.39 is 12.0 Å². The van der Waals surface area contributed by atoms with Crippen LogP contribution in [-0.2, 0) is 9.53 Å². The number of morpholine rings is 1. The molecule has 1 atom stereocenters. The normalized spacial score (nSPS) is 14.5. The molecule has 1 heterocycles. The highest BCUT2D eigenvalue weighted by molar-refractivity contribution is 7.80. The summed E-state index contributed by atoms with van der Waals surface area (Å²) in [7, 11) is 0. The molecule has 10 heteroatoms. The van der Waals surface area contributed by atoms with Gasteiger partial charge in [-0.25, -0.2) is 0 Å². The summed E-state index contributed by atoms with van der Waals surface area (Å²) in [4.78, 5) is 26.6. The van der Waals surface area contributed by atoms with Gasteiger partial charge >= 0.3 is 0 Å². The lowest BCUT2D eigenvalue weighted by atomic mass is 10.1. The van der Waals surface area contributed by atoms with Crippen molar-refractivity contribution < 1.29 is 19.1 Å². The van der Waals surface area contributed by atoms with Gasteiger partial charge in [-0.2, -0.15) is 0 Å². The quantitative estimate of drug-likeness (QED) is 0.633. The summed E-state index contributed by atoms with van der Waals surface area (Å²) in [6.45, 7) is 3.83. The van der Waals surface area contributed by atoms with Crippen LogP contribution in [0.15, 0.2) is 42.5 Å². The molecular formula is C21H21Cl2N3O4S. The number of halogens is 2. The van der Waals surface area contributed by atoms with Crippen molar-refractivity contribution in [3.05, 3.63) is 58.1 Å². The van der Waals surface area contributed by atoms with Crippen LogP contribution in [0, 0.1) is 0 Å². The largest absolute Gasteiger partial charge is 0.479 e. The zero-order chi connectivity index (χ0) is 22.4. The third-order valence-electron chi connectivity index (χ3n) is 4.49. The number of benzene rings is 2. The number of nitrogens with one attached hydrogen (secondary N) is 2. The van der Waals surface area contributed by atoms with Gasteiger partial charge in [0.15, 0.2) is 11.2 Å². The Bertz CT molecular complexity index is 966. The molecule has 1 aliphatic heterocycles. The molecule has 1 unspecified atom stereocenters. The predicted molar refractivity (Wildman–Crippen MR) is 124 cm³/mol. The first-order valence-electron chi connectivity index (χ1n) is 9.54. The van der Waals surface area contributed by atoms with Gasteiger partial charge in [0.1, 0.15) is 5.75 Å². The highest BCUT2D eigenvalue weighted by Crippen LogP contribution is 2.28. The van der Waals surface area contributed by atoms with Crippen molar-refractivity contribution in [2.45, 2.75) is 13.0 Å². The predicted octanol–water partition coefficient (Wildman–Crippen LogP) is 3.75. The van der Waals surface area contributed by atoms with E-state index >= 15 is 0 Å². The van der Waals surface area contributed by atoms with Gasteiger partial charge in [0, 0.05) is 29.4 Å². The smallest absolute Gasteiger partial charge is 0.266 e. The summed E-state index contributed by atoms with van der Waals surface area (Å²) in [5, 5.41) is 6.36. The van der Waals surface area contributed by atoms with Crippen LogP contribution < -0.4 is 15.4 Å². The van der Waals surface area contributed by atoms with Crippen LogP contribution in [0.3, 0.4) is 0 Å². The summed E-state index contributed by atoms with van der Waals surface area (Å²) < 4.78 is 10.8. The fourth-order valence-electron chi connectivity index (χ4n) is 2.84. The highest BCUT2D eigenvalue weighted by Gasteiger charge is 2.19. The zero-order valence-corrected chi connectivity index (χ0v) is 19.0. The highest BCUT2D eigenvalue weighted by atomic mass is 35.5. The second-order valence-corrected chi connectivity index (χ2v) is 8.01. The minimum absolute atomic E-state index is 0.0439. The Morgan fingerprint density at radius 1 is 1.13 bits per heavy atom. The maximum Gasteiger partial charge on any atom is 0.266 e. The van der Waals surface area contributed by atoms with Crippen molar-refractivity contribution in [1.29, 1.82) is 0 Å². The molecule has 31 heavy (non-hydrogen) atoms. The van der Waals surface area contributed by atoms with Gasteiger partial charge < -0.3 is 19.7 Å². The molecule has 2 aromatic rings. The molecule has 1 aliphatic rings. The lowest BCUT2D eigenvalue weighted by Crippen LogP contribution is -2.42. The van der Waals surface area contributed by atoms with Crippen molar-refractivity contribution in [1.82, 2.24) is 10.2 Å². The molecule has 0 spiro atoms. The number of hydrogen-bond donors (Lipinski definition) is 2. The monoisotopic (exact) mass is 481 g/mol. The van der Waals surface area contributed by atoms with E-state index in [1.165, 1.54) is 6.07 Å². The molecule has 1 saturated heterocycles. The van der Waals surface area contributed by atoms with Crippen LogP contribution >= 0.6 is 35.4 Å². The Balaban J connectivity index is 1.51. The number of carbonyl (C=O) groups excluding carboxylic acids is 2. The SMILES string of the molecule is CC(Oc1ccc(Cl)cc1Cl)C(=O)NC(=S)Nc1ccc(C(=O)N2CCOCC2)cc1. The minimum Gasteiger partial charge on any atom is -0.479 e. The number of nitrogens with zero attached hydrogens (tertiary/aromatic N) is 1. The lowest BCUT2D eigenvalue weighted by molar-refractivity contribution is -0.125. The Morgan fingerprint density at radius 3 is 2.45 bits per heavy atom. The molecule has 0 saturated carbocycles. The molecule has 2 N–H and O–H groups in total. The molecule has 3 rings (SSSR count). The molecule has 0 bridgehead atoms. The van der Waals surface area contributed by atoms with Crippen LogP contribution in [-0.4, -0.2) is 54.2 Å². The van der Waals surface area contributed by atoms with Crippen LogP contribution in [0.25, 0.3) is 0 Å². The van der Waals surface area contributed by atoms with Gasteiger partial charge in [-0.3, -0.25) is 14.9 Å². The number of rotatable bonds is 5. The summed E-state index contributed by atoms with van der Waals surface area (Å²) in [6, 6.07) is 11.6. The number of ether oxygens (including phenoxy) is 2. The summed E-state index contributed by atoms with van der Waals surface area (Å²) >= 11 is 17.1.